The minimum atomic E-state index is -3.51. The van der Waals surface area contributed by atoms with E-state index < -0.39 is 25.5 Å². The molecule has 0 N–H and O–H groups in total. The van der Waals surface area contributed by atoms with E-state index in [1.165, 1.54) is 29.9 Å². The highest BCUT2D eigenvalue weighted by Gasteiger charge is 2.21. The summed E-state index contributed by atoms with van der Waals surface area (Å²) in [7, 11) is -6.04. The largest absolute Gasteiger partial charge is 0.488 e. The van der Waals surface area contributed by atoms with Crippen molar-refractivity contribution >= 4 is 25.5 Å². The molecule has 0 bridgehead atoms. The van der Waals surface area contributed by atoms with Gasteiger partial charge in [0.25, 0.3) is 5.91 Å². The fourth-order valence-electron chi connectivity index (χ4n) is 3.99. The first-order valence-electron chi connectivity index (χ1n) is 11.0. The number of hydrogen-bond donors (Lipinski definition) is 0. The molecule has 0 fully saturated rings. The van der Waals surface area contributed by atoms with E-state index in [2.05, 4.69) is 21.4 Å². The molecule has 3 aromatic rings. The second kappa shape index (κ2) is 9.93. The van der Waals surface area contributed by atoms with Gasteiger partial charge in [0.1, 0.15) is 17.3 Å². The Morgan fingerprint density at radius 2 is 1.49 bits per heavy atom. The molecule has 1 amide bonds. The Balaban J connectivity index is 1.46. The van der Waals surface area contributed by atoms with Gasteiger partial charge in [-0.1, -0.05) is 42.5 Å². The van der Waals surface area contributed by atoms with Crippen LogP contribution in [0.1, 0.15) is 32.6 Å². The number of hydrogen-bond acceptors (Lipinski definition) is 6. The van der Waals surface area contributed by atoms with Crippen LogP contribution in [-0.4, -0.2) is 42.2 Å². The molecule has 9 heteroatoms. The standard InChI is InChI=1S/C26H28N2O5S2/c1-34(2,30)27-26(29)21-11-8-19(9-12-21)18-33-24-13-10-20(14-25(24)35(3,31)32)15-28-16-22-6-4-5-7-23(22)17-28/h4-14H,15-18H2,1-3H3. The Hall–Kier alpha value is -3.01. The molecule has 184 valence electrons. The van der Waals surface area contributed by atoms with Gasteiger partial charge in [-0.25, -0.2) is 12.6 Å². The molecule has 7 nitrogen and oxygen atoms in total. The highest BCUT2D eigenvalue weighted by molar-refractivity contribution is 7.92. The van der Waals surface area contributed by atoms with Gasteiger partial charge < -0.3 is 4.74 Å². The molecule has 0 unspecified atom stereocenters. The molecule has 35 heavy (non-hydrogen) atoms. The SMILES string of the molecule is CS(=O)(=O)c1cc(CN2Cc3ccccc3C2)ccc1OCc1ccc(C(=O)N=S(C)(C)=O)cc1. The van der Waals surface area contributed by atoms with E-state index in [1.54, 1.807) is 36.4 Å². The van der Waals surface area contributed by atoms with Crippen LogP contribution in [0.25, 0.3) is 0 Å². The van der Waals surface area contributed by atoms with Gasteiger partial charge in [0, 0.05) is 53.7 Å². The van der Waals surface area contributed by atoms with Crippen LogP contribution in [0.15, 0.2) is 76.0 Å². The van der Waals surface area contributed by atoms with Crippen LogP contribution < -0.4 is 4.74 Å². The number of amides is 1. The monoisotopic (exact) mass is 512 g/mol. The average molecular weight is 513 g/mol. The van der Waals surface area contributed by atoms with Gasteiger partial charge >= 0.3 is 0 Å². The quantitative estimate of drug-likeness (QED) is 0.474. The molecule has 0 saturated heterocycles. The van der Waals surface area contributed by atoms with E-state index in [-0.39, 0.29) is 17.3 Å². The molecule has 0 radical (unpaired) electrons. The molecule has 1 aliphatic rings. The Bertz CT molecular complexity index is 1460. The third-order valence-electron chi connectivity index (χ3n) is 5.62. The molecule has 0 saturated carbocycles. The summed E-state index contributed by atoms with van der Waals surface area (Å²) < 4.78 is 46.3. The lowest BCUT2D eigenvalue weighted by Crippen LogP contribution is -2.16. The van der Waals surface area contributed by atoms with Gasteiger partial charge in [-0.05, 0) is 46.5 Å². The van der Waals surface area contributed by atoms with Gasteiger partial charge in [-0.15, -0.1) is 0 Å². The fourth-order valence-corrected chi connectivity index (χ4v) is 5.35. The summed E-state index contributed by atoms with van der Waals surface area (Å²) in [6.45, 7) is 2.44. The summed E-state index contributed by atoms with van der Waals surface area (Å²) in [6.07, 6.45) is 3.98. The predicted octanol–water partition coefficient (Wildman–Crippen LogP) is 4.05. The molecule has 0 aliphatic carbocycles. The smallest absolute Gasteiger partial charge is 0.285 e. The molecule has 1 aliphatic heterocycles. The minimum Gasteiger partial charge on any atom is -0.488 e. The number of ether oxygens (including phenoxy) is 1. The molecule has 3 aromatic carbocycles. The first-order chi connectivity index (χ1) is 16.5. The van der Waals surface area contributed by atoms with Crippen LogP contribution in [0.2, 0.25) is 0 Å². The number of sulfone groups is 1. The van der Waals surface area contributed by atoms with Crippen molar-refractivity contribution in [2.75, 3.05) is 18.8 Å². The zero-order valence-corrected chi connectivity index (χ0v) is 21.6. The summed E-state index contributed by atoms with van der Waals surface area (Å²) >= 11 is 0. The third-order valence-corrected chi connectivity index (χ3v) is 7.34. The molecule has 4 rings (SSSR count). The first-order valence-corrected chi connectivity index (χ1v) is 15.3. The molecular weight excluding hydrogens is 484 g/mol. The van der Waals surface area contributed by atoms with Gasteiger partial charge in [-0.2, -0.15) is 4.36 Å². The molecule has 0 atom stereocenters. The van der Waals surface area contributed by atoms with E-state index in [1.807, 2.05) is 18.2 Å². The summed E-state index contributed by atoms with van der Waals surface area (Å²) in [6, 6.07) is 20.2. The number of carbonyl (C=O) groups is 1. The second-order valence-electron chi connectivity index (χ2n) is 9.03. The normalized spacial score (nSPS) is 13.9. The van der Waals surface area contributed by atoms with E-state index in [0.29, 0.717) is 12.1 Å². The van der Waals surface area contributed by atoms with Crippen molar-refractivity contribution in [3.05, 3.63) is 94.5 Å². The Labute approximate surface area is 206 Å². The topological polar surface area (TPSA) is 93.1 Å². The minimum absolute atomic E-state index is 0.132. The molecule has 0 spiro atoms. The van der Waals surface area contributed by atoms with Gasteiger partial charge in [0.05, 0.1) is 0 Å². The van der Waals surface area contributed by atoms with E-state index in [9.17, 15) is 17.4 Å². The van der Waals surface area contributed by atoms with Crippen molar-refractivity contribution < 1.29 is 22.2 Å². The third kappa shape index (κ3) is 6.56. The van der Waals surface area contributed by atoms with Crippen LogP contribution in [0.3, 0.4) is 0 Å². The maximum absolute atomic E-state index is 12.5. The maximum Gasteiger partial charge on any atom is 0.285 e. The average Bonchev–Trinajstić information content (AvgIpc) is 3.19. The van der Waals surface area contributed by atoms with Crippen LogP contribution in [0.4, 0.5) is 0 Å². The maximum atomic E-state index is 12.5. The zero-order chi connectivity index (χ0) is 25.2. The van der Waals surface area contributed by atoms with Crippen molar-refractivity contribution in [3.8, 4) is 5.75 Å². The van der Waals surface area contributed by atoms with E-state index >= 15 is 0 Å². The van der Waals surface area contributed by atoms with Crippen molar-refractivity contribution in [1.82, 2.24) is 4.90 Å². The molecular formula is C26H28N2O5S2. The van der Waals surface area contributed by atoms with Crippen molar-refractivity contribution in [3.63, 3.8) is 0 Å². The van der Waals surface area contributed by atoms with E-state index in [0.717, 1.165) is 24.2 Å². The van der Waals surface area contributed by atoms with Crippen molar-refractivity contribution in [2.45, 2.75) is 31.1 Å². The highest BCUT2D eigenvalue weighted by Crippen LogP contribution is 2.29. The number of benzene rings is 3. The molecule has 1 heterocycles. The number of fused-ring (bicyclic) bond motifs is 1. The van der Waals surface area contributed by atoms with Gasteiger partial charge in [0.2, 0.25) is 0 Å². The van der Waals surface area contributed by atoms with Gasteiger partial charge in [-0.3, -0.25) is 9.69 Å². The Morgan fingerprint density at radius 3 is 2.06 bits per heavy atom. The number of carbonyl (C=O) groups excluding carboxylic acids is 1. The lowest BCUT2D eigenvalue weighted by Gasteiger charge is -2.17. The first kappa shape index (κ1) is 25.1. The fraction of sp³-hybridized carbons (Fsp3) is 0.269. The second-order valence-corrected chi connectivity index (χ2v) is 13.6. The highest BCUT2D eigenvalue weighted by atomic mass is 32.2. The lowest BCUT2D eigenvalue weighted by molar-refractivity contribution is 0.100. The summed E-state index contributed by atoms with van der Waals surface area (Å²) in [5.41, 5.74) is 4.59. The van der Waals surface area contributed by atoms with Crippen LogP contribution in [-0.2, 0) is 45.8 Å². The Kier molecular flexibility index (Phi) is 7.12. The summed E-state index contributed by atoms with van der Waals surface area (Å²) in [5, 5.41) is 0. The zero-order valence-electron chi connectivity index (χ0n) is 19.9. The summed E-state index contributed by atoms with van der Waals surface area (Å²) in [4.78, 5) is 14.5. The van der Waals surface area contributed by atoms with Crippen LogP contribution in [0, 0.1) is 0 Å². The van der Waals surface area contributed by atoms with Crippen LogP contribution >= 0.6 is 0 Å². The van der Waals surface area contributed by atoms with E-state index in [4.69, 9.17) is 4.74 Å². The predicted molar refractivity (Wildman–Crippen MR) is 136 cm³/mol. The number of nitrogens with zero attached hydrogens (tertiary/aromatic N) is 2. The molecule has 0 aromatic heterocycles. The van der Waals surface area contributed by atoms with Crippen molar-refractivity contribution in [1.29, 1.82) is 0 Å². The van der Waals surface area contributed by atoms with Crippen LogP contribution in [0.5, 0.6) is 5.75 Å². The van der Waals surface area contributed by atoms with Crippen molar-refractivity contribution in [2.24, 2.45) is 4.36 Å². The number of rotatable bonds is 7. The summed E-state index contributed by atoms with van der Waals surface area (Å²) in [5.74, 6) is -0.253. The lowest BCUT2D eigenvalue weighted by atomic mass is 10.1. The Morgan fingerprint density at radius 1 is 0.886 bits per heavy atom. The van der Waals surface area contributed by atoms with Gasteiger partial charge in [0.15, 0.2) is 9.84 Å².